The molecule has 0 N–H and O–H groups in total. The first kappa shape index (κ1) is 14.8. The standard InChI is InChI=1S/C8H17O.C6H5.O.Sn/c1-2-3-4-5-6-7-8-9;1-2-4-6-5-3-1;;/h2-8H2,1H3;1-5H;;/q-1;;;+1. The predicted molar refractivity (Wildman–Crippen MR) is 71.8 cm³/mol. The van der Waals surface area contributed by atoms with Gasteiger partial charge in [-0.15, -0.1) is 0 Å². The van der Waals surface area contributed by atoms with Crippen LogP contribution in [0, 0.1) is 0 Å². The van der Waals surface area contributed by atoms with E-state index in [2.05, 4.69) is 6.92 Å². The molecule has 0 amide bonds. The summed E-state index contributed by atoms with van der Waals surface area (Å²) in [5.41, 5.74) is 0. The number of benzene rings is 1. The van der Waals surface area contributed by atoms with Crippen molar-refractivity contribution in [2.24, 2.45) is 0 Å². The van der Waals surface area contributed by atoms with Crippen LogP contribution in [0.2, 0.25) is 0 Å². The third-order valence-corrected chi connectivity index (χ3v) is 6.37. The molecule has 0 atom stereocenters. The molecular weight excluding hydrogens is 319 g/mol. The Hall–Kier alpha value is -0.221. The molecule has 0 spiro atoms. The molecule has 94 valence electrons. The Balaban J connectivity index is 2.05. The zero-order chi connectivity index (χ0) is 12.3. The fourth-order valence-electron chi connectivity index (χ4n) is 1.70. The first-order valence-corrected chi connectivity index (χ1v) is 10.3. The van der Waals surface area contributed by atoms with Gasteiger partial charge in [-0.1, -0.05) is 0 Å². The summed E-state index contributed by atoms with van der Waals surface area (Å²) in [4.78, 5) is 0. The third kappa shape index (κ3) is 6.94. The van der Waals surface area contributed by atoms with Gasteiger partial charge in [0.15, 0.2) is 0 Å². The van der Waals surface area contributed by atoms with E-state index in [1.165, 1.54) is 32.1 Å². The second-order valence-corrected chi connectivity index (χ2v) is 8.38. The van der Waals surface area contributed by atoms with Crippen molar-refractivity contribution < 1.29 is 6.15 Å². The van der Waals surface area contributed by atoms with E-state index >= 15 is 0 Å². The molecule has 0 heterocycles. The molecule has 2 nitrogen and oxygen atoms in total. The molecule has 1 aromatic carbocycles. The van der Waals surface area contributed by atoms with Crippen LogP contribution in [-0.4, -0.2) is 26.8 Å². The molecule has 0 saturated heterocycles. The van der Waals surface area contributed by atoms with Gasteiger partial charge < -0.3 is 0 Å². The van der Waals surface area contributed by atoms with Crippen molar-refractivity contribution in [3.63, 3.8) is 0 Å². The maximum atomic E-state index is 11.8. The molecule has 1 rings (SSSR count). The average Bonchev–Trinajstić information content (AvgIpc) is 2.38. The van der Waals surface area contributed by atoms with Crippen LogP contribution >= 0.6 is 0 Å². The summed E-state index contributed by atoms with van der Waals surface area (Å²) in [7, 11) is 0. The van der Waals surface area contributed by atoms with Gasteiger partial charge >= 0.3 is 112 Å². The minimum atomic E-state index is -2.94. The Morgan fingerprint density at radius 1 is 1.00 bits per heavy atom. The van der Waals surface area contributed by atoms with Crippen molar-refractivity contribution in [2.75, 3.05) is 6.61 Å². The third-order valence-electron chi connectivity index (χ3n) is 2.74. The molecule has 0 radical (unpaired) electrons. The van der Waals surface area contributed by atoms with E-state index < -0.39 is 20.2 Å². The summed E-state index contributed by atoms with van der Waals surface area (Å²) in [5, 5.41) is 0. The molecule has 1 aromatic rings. The molecule has 0 bridgehead atoms. The molecule has 0 aliphatic rings. The molecule has 3 heteroatoms. The van der Waals surface area contributed by atoms with E-state index in [9.17, 15) is 3.08 Å². The van der Waals surface area contributed by atoms with E-state index in [-0.39, 0.29) is 0 Å². The van der Waals surface area contributed by atoms with Crippen LogP contribution in [0.3, 0.4) is 0 Å². The van der Waals surface area contributed by atoms with Gasteiger partial charge in [-0.25, -0.2) is 0 Å². The normalized spacial score (nSPS) is 10.4. The van der Waals surface area contributed by atoms with Crippen molar-refractivity contribution in [1.82, 2.24) is 0 Å². The molecular formula is C14H22O2Sn. The van der Waals surface area contributed by atoms with Gasteiger partial charge in [-0.3, -0.25) is 0 Å². The fourth-order valence-corrected chi connectivity index (χ4v) is 4.45. The van der Waals surface area contributed by atoms with E-state index in [1.807, 2.05) is 30.3 Å². The van der Waals surface area contributed by atoms with Gasteiger partial charge in [0.25, 0.3) is 0 Å². The monoisotopic (exact) mass is 342 g/mol. The zero-order valence-corrected chi connectivity index (χ0v) is 13.5. The Morgan fingerprint density at radius 2 is 1.65 bits per heavy atom. The quantitative estimate of drug-likeness (QED) is 0.509. The number of rotatable bonds is 9. The minimum absolute atomic E-state index is 0.666. The van der Waals surface area contributed by atoms with Gasteiger partial charge in [-0.2, -0.15) is 0 Å². The Labute approximate surface area is 112 Å². The van der Waals surface area contributed by atoms with Crippen LogP contribution in [-0.2, 0) is 6.15 Å². The average molecular weight is 341 g/mol. The molecule has 0 aliphatic heterocycles. The van der Waals surface area contributed by atoms with Gasteiger partial charge in [0, 0.05) is 0 Å². The summed E-state index contributed by atoms with van der Waals surface area (Å²) >= 11 is -2.94. The molecule has 0 saturated carbocycles. The van der Waals surface area contributed by atoms with Crippen LogP contribution in [0.1, 0.15) is 45.4 Å². The second-order valence-electron chi connectivity index (χ2n) is 4.27. The van der Waals surface area contributed by atoms with Crippen LogP contribution in [0.4, 0.5) is 0 Å². The molecule has 0 aliphatic carbocycles. The summed E-state index contributed by atoms with van der Waals surface area (Å²) < 4.78 is 18.2. The summed E-state index contributed by atoms with van der Waals surface area (Å²) in [6, 6.07) is 9.59. The first-order valence-electron chi connectivity index (χ1n) is 6.56. The Morgan fingerprint density at radius 3 is 2.35 bits per heavy atom. The van der Waals surface area contributed by atoms with Gasteiger partial charge in [0.1, 0.15) is 0 Å². The fraction of sp³-hybridized carbons (Fsp3) is 0.571. The van der Waals surface area contributed by atoms with Crippen molar-refractivity contribution in [3.05, 3.63) is 30.3 Å². The van der Waals surface area contributed by atoms with Crippen molar-refractivity contribution in [3.8, 4) is 0 Å². The SMILES string of the molecule is CCCCCCCC[O][Sn](=[O])[c]1ccccc1. The molecule has 17 heavy (non-hydrogen) atoms. The van der Waals surface area contributed by atoms with Crippen molar-refractivity contribution in [1.29, 1.82) is 0 Å². The molecule has 0 fully saturated rings. The zero-order valence-electron chi connectivity index (χ0n) is 10.7. The second kappa shape index (κ2) is 9.77. The summed E-state index contributed by atoms with van der Waals surface area (Å²) in [6.45, 7) is 2.89. The summed E-state index contributed by atoms with van der Waals surface area (Å²) in [6.07, 6.45) is 7.45. The number of unbranched alkanes of at least 4 members (excludes halogenated alkanes) is 5. The molecule has 0 unspecified atom stereocenters. The predicted octanol–water partition coefficient (Wildman–Crippen LogP) is 3.19. The first-order chi connectivity index (χ1) is 8.34. The van der Waals surface area contributed by atoms with Gasteiger partial charge in [0.05, 0.1) is 0 Å². The number of hydrogen-bond acceptors (Lipinski definition) is 2. The van der Waals surface area contributed by atoms with E-state index in [0.717, 1.165) is 10.0 Å². The summed E-state index contributed by atoms with van der Waals surface area (Å²) in [5.74, 6) is 0. The number of hydrogen-bond donors (Lipinski definition) is 0. The topological polar surface area (TPSA) is 26.3 Å². The van der Waals surface area contributed by atoms with E-state index in [0.29, 0.717) is 6.61 Å². The van der Waals surface area contributed by atoms with Crippen LogP contribution < -0.4 is 3.58 Å². The van der Waals surface area contributed by atoms with Gasteiger partial charge in [0.2, 0.25) is 0 Å². The van der Waals surface area contributed by atoms with E-state index in [1.54, 1.807) is 0 Å². The van der Waals surface area contributed by atoms with Crippen LogP contribution in [0.15, 0.2) is 30.3 Å². The van der Waals surface area contributed by atoms with Crippen LogP contribution in [0.25, 0.3) is 0 Å². The van der Waals surface area contributed by atoms with Crippen LogP contribution in [0.5, 0.6) is 0 Å². The van der Waals surface area contributed by atoms with Gasteiger partial charge in [-0.05, 0) is 0 Å². The maximum absolute atomic E-state index is 11.8. The van der Waals surface area contributed by atoms with Crippen molar-refractivity contribution >= 4 is 23.7 Å². The Kier molecular flexibility index (Phi) is 8.53. The van der Waals surface area contributed by atoms with Crippen molar-refractivity contribution in [2.45, 2.75) is 45.4 Å². The Bertz CT molecular complexity index is 311. The van der Waals surface area contributed by atoms with E-state index in [4.69, 9.17) is 3.07 Å². The molecule has 0 aromatic heterocycles.